The number of rotatable bonds is 6. The Kier molecular flexibility index (Phi) is 7.50. The molecule has 1 saturated heterocycles. The maximum Gasteiger partial charge on any atom is 0.435 e. The van der Waals surface area contributed by atoms with Gasteiger partial charge in [-0.2, -0.15) is 18.3 Å². The molecule has 1 atom stereocenters. The zero-order valence-corrected chi connectivity index (χ0v) is 17.4. The largest absolute Gasteiger partial charge is 0.435 e. The summed E-state index contributed by atoms with van der Waals surface area (Å²) >= 11 is 0. The normalized spacial score (nSPS) is 16.9. The first-order chi connectivity index (χ1) is 14.8. The van der Waals surface area contributed by atoms with Crippen molar-refractivity contribution >= 4 is 5.96 Å². The lowest BCUT2D eigenvalue weighted by Crippen LogP contribution is -2.46. The number of hydrogen-bond donors (Lipinski definition) is 2. The highest BCUT2D eigenvalue weighted by Gasteiger charge is 2.36. The minimum absolute atomic E-state index is 0.0289. The second-order valence-corrected chi connectivity index (χ2v) is 7.20. The first-order valence-corrected chi connectivity index (χ1v) is 9.89. The molecule has 1 fully saturated rings. The number of alkyl halides is 3. The van der Waals surface area contributed by atoms with Crippen molar-refractivity contribution < 1.29 is 22.3 Å². The Hall–Kier alpha value is -2.66. The van der Waals surface area contributed by atoms with Crippen molar-refractivity contribution in [3.05, 3.63) is 53.1 Å². The van der Waals surface area contributed by atoms with Crippen LogP contribution in [-0.4, -0.2) is 60.5 Å². The first kappa shape index (κ1) is 23.0. The van der Waals surface area contributed by atoms with Crippen molar-refractivity contribution in [2.45, 2.75) is 18.8 Å². The van der Waals surface area contributed by atoms with Crippen LogP contribution < -0.4 is 10.6 Å². The lowest BCUT2D eigenvalue weighted by Gasteiger charge is -2.35. The van der Waals surface area contributed by atoms with Crippen molar-refractivity contribution in [3.8, 4) is 0 Å². The van der Waals surface area contributed by atoms with E-state index in [-0.39, 0.29) is 24.0 Å². The lowest BCUT2D eigenvalue weighted by atomic mass is 10.0. The smallest absolute Gasteiger partial charge is 0.379 e. The minimum atomic E-state index is -4.53. The van der Waals surface area contributed by atoms with E-state index in [9.17, 15) is 17.6 Å². The quantitative estimate of drug-likeness (QED) is 0.408. The maximum atomic E-state index is 13.4. The molecule has 1 aliphatic heterocycles. The van der Waals surface area contributed by atoms with Gasteiger partial charge in [-0.25, -0.2) is 4.39 Å². The summed E-state index contributed by atoms with van der Waals surface area (Å²) in [4.78, 5) is 6.33. The Morgan fingerprint density at radius 1 is 1.19 bits per heavy atom. The molecular weight excluding hydrogens is 416 g/mol. The summed E-state index contributed by atoms with van der Waals surface area (Å²) in [5.41, 5.74) is 0.0366. The van der Waals surface area contributed by atoms with E-state index in [1.165, 1.54) is 25.4 Å². The average Bonchev–Trinajstić information content (AvgIpc) is 3.13. The number of aromatic nitrogens is 2. The summed E-state index contributed by atoms with van der Waals surface area (Å²) in [6.07, 6.45) is -3.20. The van der Waals surface area contributed by atoms with Crippen LogP contribution >= 0.6 is 0 Å². The summed E-state index contributed by atoms with van der Waals surface area (Å²) in [6.45, 7) is 3.00. The predicted octanol–water partition coefficient (Wildman–Crippen LogP) is 2.32. The molecule has 3 rings (SSSR count). The molecular formula is C20H26F4N6O. The summed E-state index contributed by atoms with van der Waals surface area (Å²) < 4.78 is 59.4. The molecule has 1 aromatic heterocycles. The molecule has 0 aliphatic carbocycles. The average molecular weight is 442 g/mol. The van der Waals surface area contributed by atoms with E-state index in [1.54, 1.807) is 19.2 Å². The van der Waals surface area contributed by atoms with Crippen LogP contribution in [0.5, 0.6) is 0 Å². The highest BCUT2D eigenvalue weighted by atomic mass is 19.4. The highest BCUT2D eigenvalue weighted by Crippen LogP contribution is 2.30. The van der Waals surface area contributed by atoms with Crippen LogP contribution in [0.4, 0.5) is 17.6 Å². The molecule has 2 heterocycles. The van der Waals surface area contributed by atoms with E-state index < -0.39 is 11.9 Å². The fourth-order valence-corrected chi connectivity index (χ4v) is 3.53. The molecule has 1 unspecified atom stereocenters. The molecule has 0 saturated carbocycles. The highest BCUT2D eigenvalue weighted by molar-refractivity contribution is 5.79. The van der Waals surface area contributed by atoms with Gasteiger partial charge in [-0.05, 0) is 17.7 Å². The molecule has 0 bridgehead atoms. The SMILES string of the molecule is CN=C(NCc1cn(C)nc1C(F)(F)F)NCC(c1ccc(F)cc1)N1CCOCC1. The predicted molar refractivity (Wildman–Crippen MR) is 108 cm³/mol. The third kappa shape index (κ3) is 6.17. The second kappa shape index (κ2) is 10.1. The molecule has 0 spiro atoms. The monoisotopic (exact) mass is 442 g/mol. The summed E-state index contributed by atoms with van der Waals surface area (Å²) in [5.74, 6) is 0.0456. The van der Waals surface area contributed by atoms with Gasteiger partial charge < -0.3 is 15.4 Å². The van der Waals surface area contributed by atoms with E-state index in [1.807, 2.05) is 0 Å². The van der Waals surface area contributed by atoms with Crippen LogP contribution in [0, 0.1) is 5.82 Å². The van der Waals surface area contributed by atoms with E-state index >= 15 is 0 Å². The van der Waals surface area contributed by atoms with Crippen LogP contribution in [0.25, 0.3) is 0 Å². The van der Waals surface area contributed by atoms with E-state index in [0.29, 0.717) is 25.7 Å². The minimum Gasteiger partial charge on any atom is -0.379 e. The van der Waals surface area contributed by atoms with Gasteiger partial charge in [-0.1, -0.05) is 12.1 Å². The number of ether oxygens (including phenoxy) is 1. The molecule has 1 aromatic carbocycles. The fourth-order valence-electron chi connectivity index (χ4n) is 3.53. The second-order valence-electron chi connectivity index (χ2n) is 7.20. The van der Waals surface area contributed by atoms with Crippen LogP contribution in [0.3, 0.4) is 0 Å². The van der Waals surface area contributed by atoms with Gasteiger partial charge in [0.05, 0.1) is 19.3 Å². The van der Waals surface area contributed by atoms with Crippen LogP contribution in [0.2, 0.25) is 0 Å². The van der Waals surface area contributed by atoms with Gasteiger partial charge >= 0.3 is 6.18 Å². The van der Waals surface area contributed by atoms with Crippen molar-refractivity contribution in [3.63, 3.8) is 0 Å². The molecule has 0 radical (unpaired) electrons. The number of aliphatic imine (C=N–C) groups is 1. The maximum absolute atomic E-state index is 13.4. The van der Waals surface area contributed by atoms with Crippen molar-refractivity contribution in [2.24, 2.45) is 12.0 Å². The standard InChI is InChI=1S/C20H26F4N6O/c1-25-19(26-11-15-13-29(2)28-18(15)20(22,23)24)27-12-17(30-7-9-31-10-8-30)14-3-5-16(21)6-4-14/h3-6,13,17H,7-12H2,1-2H3,(H2,25,26,27). The number of benzene rings is 1. The van der Waals surface area contributed by atoms with Crippen LogP contribution in [-0.2, 0) is 24.5 Å². The number of halogens is 4. The Morgan fingerprint density at radius 3 is 2.48 bits per heavy atom. The Labute approximate surface area is 178 Å². The molecule has 0 amide bonds. The first-order valence-electron chi connectivity index (χ1n) is 9.89. The summed E-state index contributed by atoms with van der Waals surface area (Å²) in [5, 5.41) is 9.59. The summed E-state index contributed by atoms with van der Waals surface area (Å²) in [7, 11) is 2.99. The fraction of sp³-hybridized carbons (Fsp3) is 0.500. The topological polar surface area (TPSA) is 66.7 Å². The van der Waals surface area contributed by atoms with E-state index in [4.69, 9.17) is 4.74 Å². The van der Waals surface area contributed by atoms with Gasteiger partial charge in [0.2, 0.25) is 0 Å². The van der Waals surface area contributed by atoms with Crippen LogP contribution in [0.15, 0.2) is 35.5 Å². The molecule has 7 nitrogen and oxygen atoms in total. The number of hydrogen-bond acceptors (Lipinski definition) is 4. The van der Waals surface area contributed by atoms with E-state index in [2.05, 4.69) is 25.6 Å². The van der Waals surface area contributed by atoms with E-state index in [0.717, 1.165) is 23.3 Å². The Balaban J connectivity index is 1.66. The van der Waals surface area contributed by atoms with Gasteiger partial charge in [0.25, 0.3) is 0 Å². The summed E-state index contributed by atoms with van der Waals surface area (Å²) in [6, 6.07) is 6.22. The van der Waals surface area contributed by atoms with Crippen LogP contribution in [0.1, 0.15) is 22.9 Å². The Bertz CT molecular complexity index is 875. The van der Waals surface area contributed by atoms with Gasteiger partial charge in [-0.15, -0.1) is 0 Å². The lowest BCUT2D eigenvalue weighted by molar-refractivity contribution is -0.142. The van der Waals surface area contributed by atoms with Gasteiger partial charge in [-0.3, -0.25) is 14.6 Å². The zero-order valence-electron chi connectivity index (χ0n) is 17.4. The molecule has 170 valence electrons. The Morgan fingerprint density at radius 2 is 1.87 bits per heavy atom. The van der Waals surface area contributed by atoms with Gasteiger partial charge in [0, 0.05) is 52.0 Å². The molecule has 2 aromatic rings. The number of nitrogens with one attached hydrogen (secondary N) is 2. The number of guanidine groups is 1. The van der Waals surface area contributed by atoms with Crippen molar-refractivity contribution in [2.75, 3.05) is 39.9 Å². The third-order valence-corrected chi connectivity index (χ3v) is 5.05. The van der Waals surface area contributed by atoms with Gasteiger partial charge in [0.1, 0.15) is 5.82 Å². The molecule has 1 aliphatic rings. The molecule has 2 N–H and O–H groups in total. The number of aryl methyl sites for hydroxylation is 1. The molecule has 31 heavy (non-hydrogen) atoms. The number of nitrogens with zero attached hydrogens (tertiary/aromatic N) is 4. The van der Waals surface area contributed by atoms with Crippen molar-refractivity contribution in [1.82, 2.24) is 25.3 Å². The van der Waals surface area contributed by atoms with Gasteiger partial charge in [0.15, 0.2) is 11.7 Å². The number of morpholine rings is 1. The molecule has 11 heteroatoms. The zero-order chi connectivity index (χ0) is 22.4. The third-order valence-electron chi connectivity index (χ3n) is 5.05. The van der Waals surface area contributed by atoms with Crippen molar-refractivity contribution in [1.29, 1.82) is 0 Å².